The number of hydrogen-bond acceptors (Lipinski definition) is 4. The van der Waals surface area contributed by atoms with Crippen LogP contribution in [0.25, 0.3) is 0 Å². The van der Waals surface area contributed by atoms with Gasteiger partial charge in [0.2, 0.25) is 5.78 Å². The number of nitro benzene ring substituents is 1. The Balaban J connectivity index is 0.00000169. The Morgan fingerprint density at radius 3 is 2.14 bits per heavy atom. The maximum atomic E-state index is 10.8. The van der Waals surface area contributed by atoms with Gasteiger partial charge in [0, 0.05) is 17.7 Å². The summed E-state index contributed by atoms with van der Waals surface area (Å²) in [6.07, 6.45) is 0.168. The molecule has 0 fully saturated rings. The summed E-state index contributed by atoms with van der Waals surface area (Å²) in [5.41, 5.74) is 0.0445. The van der Waals surface area contributed by atoms with Crippen molar-refractivity contribution in [2.24, 2.45) is 0 Å². The molecular formula is C8H7NO5. The Labute approximate surface area is 78.6 Å². The third-order valence-corrected chi connectivity index (χ3v) is 1.47. The van der Waals surface area contributed by atoms with Gasteiger partial charge in [-0.05, 0) is 12.1 Å². The van der Waals surface area contributed by atoms with Crippen LogP contribution >= 0.6 is 0 Å². The minimum absolute atomic E-state index is 0. The summed E-state index contributed by atoms with van der Waals surface area (Å²) in [7, 11) is 0. The molecule has 0 radical (unpaired) electrons. The zero-order valence-electron chi connectivity index (χ0n) is 6.97. The molecule has 1 aromatic rings. The number of carbonyl (C=O) groups excluding carboxylic acids is 2. The molecule has 14 heavy (non-hydrogen) atoms. The number of benzene rings is 1. The highest BCUT2D eigenvalue weighted by Gasteiger charge is 2.07. The number of rotatable bonds is 3. The zero-order chi connectivity index (χ0) is 9.84. The quantitative estimate of drug-likeness (QED) is 0.226. The first-order chi connectivity index (χ1) is 6.15. The molecule has 1 aromatic carbocycles. The minimum atomic E-state index is -0.685. The lowest BCUT2D eigenvalue weighted by Gasteiger charge is -1.92. The highest BCUT2D eigenvalue weighted by Crippen LogP contribution is 2.11. The van der Waals surface area contributed by atoms with Gasteiger partial charge in [-0.15, -0.1) is 0 Å². The molecule has 0 spiro atoms. The van der Waals surface area contributed by atoms with Crippen molar-refractivity contribution < 1.29 is 20.0 Å². The highest BCUT2D eigenvalue weighted by atomic mass is 16.6. The number of nitro groups is 1. The fraction of sp³-hybridized carbons (Fsp3) is 0. The van der Waals surface area contributed by atoms with Crippen molar-refractivity contribution in [2.75, 3.05) is 0 Å². The van der Waals surface area contributed by atoms with Crippen LogP contribution in [-0.4, -0.2) is 22.5 Å². The van der Waals surface area contributed by atoms with E-state index in [1.165, 1.54) is 24.3 Å². The zero-order valence-corrected chi connectivity index (χ0v) is 6.97. The Morgan fingerprint density at radius 2 is 1.79 bits per heavy atom. The molecule has 6 nitrogen and oxygen atoms in total. The van der Waals surface area contributed by atoms with Gasteiger partial charge in [0.1, 0.15) is 0 Å². The smallest absolute Gasteiger partial charge is 0.269 e. The Morgan fingerprint density at radius 1 is 1.29 bits per heavy atom. The highest BCUT2D eigenvalue weighted by molar-refractivity contribution is 6.33. The number of Topliss-reactive ketones (excluding diaryl/α,β-unsaturated/α-hetero) is 1. The fourth-order valence-electron chi connectivity index (χ4n) is 0.815. The lowest BCUT2D eigenvalue weighted by atomic mass is 10.1. The van der Waals surface area contributed by atoms with Crippen LogP contribution in [0.3, 0.4) is 0 Å². The molecule has 6 heteroatoms. The SMILES string of the molecule is O.O=CC(=O)c1ccc([N+](=O)[O-])cc1. The largest absolute Gasteiger partial charge is 0.412 e. The number of nitrogens with zero attached hydrogens (tertiary/aromatic N) is 1. The van der Waals surface area contributed by atoms with Crippen LogP contribution in [0.2, 0.25) is 0 Å². The number of ketones is 1. The first-order valence-electron chi connectivity index (χ1n) is 3.39. The Hall–Kier alpha value is -2.08. The summed E-state index contributed by atoms with van der Waals surface area (Å²) in [4.78, 5) is 30.4. The van der Waals surface area contributed by atoms with Crippen molar-refractivity contribution in [1.29, 1.82) is 0 Å². The molecule has 0 saturated carbocycles. The predicted molar refractivity (Wildman–Crippen MR) is 47.1 cm³/mol. The van der Waals surface area contributed by atoms with Crippen molar-refractivity contribution in [3.63, 3.8) is 0 Å². The van der Waals surface area contributed by atoms with Crippen molar-refractivity contribution in [3.8, 4) is 0 Å². The van der Waals surface area contributed by atoms with Gasteiger partial charge in [0.05, 0.1) is 4.92 Å². The van der Waals surface area contributed by atoms with E-state index in [-0.39, 0.29) is 23.0 Å². The van der Waals surface area contributed by atoms with Gasteiger partial charge < -0.3 is 5.48 Å². The van der Waals surface area contributed by atoms with E-state index in [9.17, 15) is 19.7 Å². The molecule has 0 unspecified atom stereocenters. The van der Waals surface area contributed by atoms with Crippen molar-refractivity contribution in [1.82, 2.24) is 0 Å². The van der Waals surface area contributed by atoms with E-state index in [1.54, 1.807) is 0 Å². The number of carbonyl (C=O) groups is 2. The molecule has 0 aliphatic rings. The fourth-order valence-corrected chi connectivity index (χ4v) is 0.815. The summed E-state index contributed by atoms with van der Waals surface area (Å²) >= 11 is 0. The van der Waals surface area contributed by atoms with E-state index in [0.29, 0.717) is 0 Å². The Bertz CT molecular complexity index is 356. The van der Waals surface area contributed by atoms with Gasteiger partial charge in [-0.25, -0.2) is 0 Å². The second-order valence-electron chi connectivity index (χ2n) is 2.29. The van der Waals surface area contributed by atoms with Crippen LogP contribution in [0.15, 0.2) is 24.3 Å². The van der Waals surface area contributed by atoms with E-state index in [2.05, 4.69) is 0 Å². The summed E-state index contributed by atoms with van der Waals surface area (Å²) < 4.78 is 0. The monoisotopic (exact) mass is 197 g/mol. The van der Waals surface area contributed by atoms with Crippen LogP contribution in [-0.2, 0) is 4.79 Å². The third kappa shape index (κ3) is 2.46. The lowest BCUT2D eigenvalue weighted by molar-refractivity contribution is -0.384. The van der Waals surface area contributed by atoms with E-state index in [1.807, 2.05) is 0 Å². The molecule has 0 heterocycles. The van der Waals surface area contributed by atoms with Crippen molar-refractivity contribution >= 4 is 17.8 Å². The van der Waals surface area contributed by atoms with Crippen molar-refractivity contribution in [2.45, 2.75) is 0 Å². The maximum absolute atomic E-state index is 10.8. The average Bonchev–Trinajstić information content (AvgIpc) is 2.17. The van der Waals surface area contributed by atoms with E-state index >= 15 is 0 Å². The predicted octanol–water partition coefficient (Wildman–Crippen LogP) is 0.152. The van der Waals surface area contributed by atoms with Crippen molar-refractivity contribution in [3.05, 3.63) is 39.9 Å². The molecule has 0 saturated heterocycles. The first-order valence-corrected chi connectivity index (χ1v) is 3.39. The number of hydrogen-bond donors (Lipinski definition) is 0. The average molecular weight is 197 g/mol. The molecule has 0 aromatic heterocycles. The van der Waals surface area contributed by atoms with Crippen LogP contribution in [0, 0.1) is 10.1 Å². The van der Waals surface area contributed by atoms with Gasteiger partial charge in [0.25, 0.3) is 5.69 Å². The summed E-state index contributed by atoms with van der Waals surface area (Å²) in [6.45, 7) is 0. The molecule has 0 bridgehead atoms. The number of non-ortho nitro benzene ring substituents is 1. The topological polar surface area (TPSA) is 109 Å². The van der Waals surface area contributed by atoms with Crippen LogP contribution in [0.4, 0.5) is 5.69 Å². The maximum Gasteiger partial charge on any atom is 0.269 e. The molecule has 0 amide bonds. The van der Waals surface area contributed by atoms with E-state index in [4.69, 9.17) is 0 Å². The van der Waals surface area contributed by atoms with Crippen LogP contribution in [0.1, 0.15) is 10.4 Å². The number of aldehydes is 1. The summed E-state index contributed by atoms with van der Waals surface area (Å²) in [6, 6.07) is 4.84. The molecule has 2 N–H and O–H groups in total. The minimum Gasteiger partial charge on any atom is -0.412 e. The lowest BCUT2D eigenvalue weighted by Crippen LogP contribution is -1.99. The first kappa shape index (κ1) is 11.9. The molecule has 0 aliphatic heterocycles. The van der Waals surface area contributed by atoms with Gasteiger partial charge in [-0.1, -0.05) is 0 Å². The summed E-state index contributed by atoms with van der Waals surface area (Å²) in [5.74, 6) is -0.685. The molecule has 74 valence electrons. The Kier molecular flexibility index (Phi) is 4.11. The van der Waals surface area contributed by atoms with Gasteiger partial charge in [-0.2, -0.15) is 0 Å². The van der Waals surface area contributed by atoms with Crippen LogP contribution < -0.4 is 0 Å². The van der Waals surface area contributed by atoms with E-state index in [0.717, 1.165) is 0 Å². The second-order valence-corrected chi connectivity index (χ2v) is 2.29. The van der Waals surface area contributed by atoms with Gasteiger partial charge >= 0.3 is 0 Å². The second kappa shape index (κ2) is 4.83. The van der Waals surface area contributed by atoms with E-state index < -0.39 is 10.7 Å². The third-order valence-electron chi connectivity index (χ3n) is 1.47. The molecule has 1 rings (SSSR count). The molecule has 0 atom stereocenters. The standard InChI is InChI=1S/C8H5NO4.H2O/c10-5-8(11)6-1-3-7(4-2-6)9(12)13;/h1-5H;1H2. The van der Waals surface area contributed by atoms with Crippen LogP contribution in [0.5, 0.6) is 0 Å². The van der Waals surface area contributed by atoms with Gasteiger partial charge in [-0.3, -0.25) is 19.7 Å². The molecular weight excluding hydrogens is 190 g/mol. The van der Waals surface area contributed by atoms with Gasteiger partial charge in [0.15, 0.2) is 6.29 Å². The summed E-state index contributed by atoms with van der Waals surface area (Å²) in [5, 5.41) is 10.2. The normalized spacial score (nSPS) is 8.57. The molecule has 0 aliphatic carbocycles.